The fraction of sp³-hybridized carbons (Fsp3) is 0.600. The Labute approximate surface area is 139 Å². The first kappa shape index (κ1) is 16.0. The standard InChI is InChI=1S/C20H29NS/c1-13(2)8-17-10-16-12-21-7-6-15(5)18(9-14(3)4)19(21)11-20(16)22-17/h9-10,13,19H,6-8,11-12H2,1-5H3. The van der Waals surface area contributed by atoms with Crippen LogP contribution < -0.4 is 0 Å². The highest BCUT2D eigenvalue weighted by molar-refractivity contribution is 7.12. The van der Waals surface area contributed by atoms with Gasteiger partial charge in [-0.3, -0.25) is 4.90 Å². The molecule has 0 spiro atoms. The summed E-state index contributed by atoms with van der Waals surface area (Å²) in [5.74, 6) is 0.756. The summed E-state index contributed by atoms with van der Waals surface area (Å²) in [4.78, 5) is 5.94. The van der Waals surface area contributed by atoms with Crippen LogP contribution in [0.25, 0.3) is 0 Å². The smallest absolute Gasteiger partial charge is 0.0399 e. The molecule has 0 saturated carbocycles. The topological polar surface area (TPSA) is 3.24 Å². The van der Waals surface area contributed by atoms with Crippen molar-refractivity contribution in [2.45, 2.75) is 66.5 Å². The highest BCUT2D eigenvalue weighted by Gasteiger charge is 2.32. The monoisotopic (exact) mass is 315 g/mol. The minimum Gasteiger partial charge on any atom is -0.291 e. The first-order valence-corrected chi connectivity index (χ1v) is 9.44. The number of allylic oxidation sites excluding steroid dienone is 1. The van der Waals surface area contributed by atoms with Crippen LogP contribution in [0.15, 0.2) is 28.9 Å². The number of hydrogen-bond donors (Lipinski definition) is 0. The minimum absolute atomic E-state index is 0.613. The Morgan fingerprint density at radius 3 is 2.86 bits per heavy atom. The molecule has 2 aliphatic heterocycles. The number of fused-ring (bicyclic) bond motifs is 2. The lowest BCUT2D eigenvalue weighted by Gasteiger charge is -2.40. The van der Waals surface area contributed by atoms with Gasteiger partial charge in [0.2, 0.25) is 0 Å². The maximum Gasteiger partial charge on any atom is 0.0399 e. The van der Waals surface area contributed by atoms with E-state index in [4.69, 9.17) is 0 Å². The van der Waals surface area contributed by atoms with E-state index in [1.54, 1.807) is 26.5 Å². The number of thiophene rings is 1. The largest absolute Gasteiger partial charge is 0.291 e. The minimum atomic E-state index is 0.613. The normalized spacial score (nSPS) is 21.8. The highest BCUT2D eigenvalue weighted by atomic mass is 32.1. The average molecular weight is 316 g/mol. The fourth-order valence-electron chi connectivity index (χ4n) is 3.78. The maximum absolute atomic E-state index is 2.70. The van der Waals surface area contributed by atoms with E-state index in [0.717, 1.165) is 12.5 Å². The van der Waals surface area contributed by atoms with Crippen molar-refractivity contribution >= 4 is 11.3 Å². The fourth-order valence-corrected chi connectivity index (χ4v) is 5.21. The van der Waals surface area contributed by atoms with Crippen LogP contribution in [0.1, 0.15) is 56.4 Å². The molecular formula is C20H29NS. The summed E-state index contributed by atoms with van der Waals surface area (Å²) in [6.07, 6.45) is 6.11. The van der Waals surface area contributed by atoms with Gasteiger partial charge in [-0.1, -0.05) is 31.1 Å². The van der Waals surface area contributed by atoms with Crippen LogP contribution in [0.5, 0.6) is 0 Å². The molecule has 3 heterocycles. The van der Waals surface area contributed by atoms with E-state index < -0.39 is 0 Å². The van der Waals surface area contributed by atoms with Crippen LogP contribution in [-0.4, -0.2) is 17.5 Å². The molecule has 1 unspecified atom stereocenters. The van der Waals surface area contributed by atoms with Gasteiger partial charge in [-0.05, 0) is 56.7 Å². The van der Waals surface area contributed by atoms with Crippen molar-refractivity contribution in [2.24, 2.45) is 5.92 Å². The van der Waals surface area contributed by atoms with Gasteiger partial charge in [0.05, 0.1) is 0 Å². The molecule has 0 fully saturated rings. The molecule has 0 aromatic carbocycles. The van der Waals surface area contributed by atoms with Gasteiger partial charge < -0.3 is 0 Å². The van der Waals surface area contributed by atoms with Gasteiger partial charge in [0, 0.05) is 35.3 Å². The molecule has 3 rings (SSSR count). The molecule has 1 atom stereocenters. The first-order chi connectivity index (χ1) is 10.4. The number of hydrogen-bond acceptors (Lipinski definition) is 2. The molecule has 1 nitrogen and oxygen atoms in total. The molecule has 0 saturated heterocycles. The predicted octanol–water partition coefficient (Wildman–Crippen LogP) is 5.36. The van der Waals surface area contributed by atoms with Crippen molar-refractivity contribution in [1.29, 1.82) is 0 Å². The summed E-state index contributed by atoms with van der Waals surface area (Å²) in [6.45, 7) is 13.8. The summed E-state index contributed by atoms with van der Waals surface area (Å²) >= 11 is 2.07. The third kappa shape index (κ3) is 3.23. The average Bonchev–Trinajstić information content (AvgIpc) is 2.80. The zero-order valence-electron chi connectivity index (χ0n) is 14.7. The van der Waals surface area contributed by atoms with Gasteiger partial charge >= 0.3 is 0 Å². The molecule has 0 bridgehead atoms. The summed E-state index contributed by atoms with van der Waals surface area (Å²) in [5.41, 5.74) is 6.22. The number of nitrogens with zero attached hydrogens (tertiary/aromatic N) is 1. The van der Waals surface area contributed by atoms with Crippen molar-refractivity contribution in [3.8, 4) is 0 Å². The second kappa shape index (κ2) is 6.33. The molecule has 2 aliphatic rings. The van der Waals surface area contributed by atoms with Crippen LogP contribution in [0.4, 0.5) is 0 Å². The quantitative estimate of drug-likeness (QED) is 0.726. The van der Waals surface area contributed by atoms with E-state index in [-0.39, 0.29) is 0 Å². The van der Waals surface area contributed by atoms with Crippen molar-refractivity contribution in [2.75, 3.05) is 6.54 Å². The Kier molecular flexibility index (Phi) is 4.61. The third-order valence-corrected chi connectivity index (χ3v) is 6.04. The van der Waals surface area contributed by atoms with Crippen molar-refractivity contribution in [1.82, 2.24) is 4.90 Å². The Morgan fingerprint density at radius 2 is 2.18 bits per heavy atom. The van der Waals surface area contributed by atoms with E-state index in [0.29, 0.717) is 6.04 Å². The van der Waals surface area contributed by atoms with Gasteiger partial charge in [-0.15, -0.1) is 11.3 Å². The summed E-state index contributed by atoms with van der Waals surface area (Å²) in [5, 5.41) is 0. The van der Waals surface area contributed by atoms with Gasteiger partial charge in [0.15, 0.2) is 0 Å². The van der Waals surface area contributed by atoms with Gasteiger partial charge in [-0.25, -0.2) is 0 Å². The van der Waals surface area contributed by atoms with E-state index in [2.05, 4.69) is 63.0 Å². The molecule has 0 amide bonds. The van der Waals surface area contributed by atoms with Crippen LogP contribution in [-0.2, 0) is 19.4 Å². The van der Waals surface area contributed by atoms with Crippen LogP contribution in [0, 0.1) is 5.92 Å². The van der Waals surface area contributed by atoms with Crippen molar-refractivity contribution < 1.29 is 0 Å². The summed E-state index contributed by atoms with van der Waals surface area (Å²) in [7, 11) is 0. The zero-order chi connectivity index (χ0) is 15.9. The van der Waals surface area contributed by atoms with Gasteiger partial charge in [0.25, 0.3) is 0 Å². The second-order valence-corrected chi connectivity index (χ2v) is 8.88. The molecular weight excluding hydrogens is 286 g/mol. The molecule has 1 aromatic heterocycles. The zero-order valence-corrected chi connectivity index (χ0v) is 15.5. The Morgan fingerprint density at radius 1 is 1.41 bits per heavy atom. The molecule has 0 aliphatic carbocycles. The Balaban J connectivity index is 1.89. The third-order valence-electron chi connectivity index (χ3n) is 4.82. The van der Waals surface area contributed by atoms with Gasteiger partial charge in [0.1, 0.15) is 0 Å². The van der Waals surface area contributed by atoms with E-state index in [1.165, 1.54) is 31.4 Å². The molecule has 120 valence electrons. The number of rotatable bonds is 3. The van der Waals surface area contributed by atoms with Crippen LogP contribution in [0.3, 0.4) is 0 Å². The summed E-state index contributed by atoms with van der Waals surface area (Å²) in [6, 6.07) is 3.10. The highest BCUT2D eigenvalue weighted by Crippen LogP contribution is 2.37. The lowest BCUT2D eigenvalue weighted by Crippen LogP contribution is -2.44. The first-order valence-electron chi connectivity index (χ1n) is 8.63. The molecule has 2 heteroatoms. The van der Waals surface area contributed by atoms with Crippen LogP contribution >= 0.6 is 11.3 Å². The second-order valence-electron chi connectivity index (χ2n) is 7.66. The van der Waals surface area contributed by atoms with E-state index >= 15 is 0 Å². The summed E-state index contributed by atoms with van der Waals surface area (Å²) < 4.78 is 0. The predicted molar refractivity (Wildman–Crippen MR) is 97.5 cm³/mol. The molecule has 0 radical (unpaired) electrons. The van der Waals surface area contributed by atoms with Crippen molar-refractivity contribution in [3.63, 3.8) is 0 Å². The van der Waals surface area contributed by atoms with Crippen LogP contribution in [0.2, 0.25) is 0 Å². The Hall–Kier alpha value is -0.860. The van der Waals surface area contributed by atoms with E-state index in [9.17, 15) is 0 Å². The van der Waals surface area contributed by atoms with E-state index in [1.807, 2.05) is 0 Å². The SMILES string of the molecule is CC(C)=CC1=C(C)CCN2Cc3cc(CC(C)C)sc3CC12. The van der Waals surface area contributed by atoms with Crippen molar-refractivity contribution in [3.05, 3.63) is 44.2 Å². The lowest BCUT2D eigenvalue weighted by atomic mass is 9.86. The van der Waals surface area contributed by atoms with Gasteiger partial charge in [-0.2, -0.15) is 0 Å². The maximum atomic E-state index is 2.70. The molecule has 1 aromatic rings. The Bertz CT molecular complexity index is 614. The lowest BCUT2D eigenvalue weighted by molar-refractivity contribution is 0.189. The molecule has 22 heavy (non-hydrogen) atoms. The molecule has 0 N–H and O–H groups in total.